The summed E-state index contributed by atoms with van der Waals surface area (Å²) in [7, 11) is 1.52. The average molecular weight is 394 g/mol. The van der Waals surface area contributed by atoms with Crippen molar-refractivity contribution in [3.05, 3.63) is 46.2 Å². The van der Waals surface area contributed by atoms with E-state index in [1.165, 1.54) is 7.11 Å². The molecule has 8 heteroatoms. The van der Waals surface area contributed by atoms with Crippen LogP contribution in [-0.4, -0.2) is 47.7 Å². The minimum absolute atomic E-state index is 0.0353. The van der Waals surface area contributed by atoms with Crippen LogP contribution >= 0.6 is 11.6 Å². The standard InChI is InChI=1S/C19H24ClN3O4/c1-12-9-16(23(22-12)14-5-7-27-8-6-14)19(25)21-11-17(24)15-10-13(20)3-4-18(15)26-2/h3-4,9-10,14,17,24H,5-8,11H2,1-2H3,(H,21,25). The molecule has 1 atom stereocenters. The van der Waals surface area contributed by atoms with Crippen molar-refractivity contribution < 1.29 is 19.4 Å². The van der Waals surface area contributed by atoms with Crippen molar-refractivity contribution in [2.24, 2.45) is 0 Å². The summed E-state index contributed by atoms with van der Waals surface area (Å²) in [5.41, 5.74) is 1.80. The molecular weight excluding hydrogens is 370 g/mol. The quantitative estimate of drug-likeness (QED) is 0.788. The van der Waals surface area contributed by atoms with Gasteiger partial charge in [-0.05, 0) is 44.0 Å². The number of aromatic nitrogens is 2. The van der Waals surface area contributed by atoms with Gasteiger partial charge in [-0.25, -0.2) is 0 Å². The van der Waals surface area contributed by atoms with Crippen molar-refractivity contribution in [1.82, 2.24) is 15.1 Å². The van der Waals surface area contributed by atoms with Crippen LogP contribution in [0.2, 0.25) is 5.02 Å². The molecule has 0 aliphatic carbocycles. The second kappa shape index (κ2) is 8.73. The molecule has 1 aliphatic rings. The summed E-state index contributed by atoms with van der Waals surface area (Å²) in [4.78, 5) is 12.7. The number of nitrogens with zero attached hydrogens (tertiary/aromatic N) is 2. The summed E-state index contributed by atoms with van der Waals surface area (Å²) < 4.78 is 12.4. The third-order valence-corrected chi connectivity index (χ3v) is 4.87. The Morgan fingerprint density at radius 3 is 2.89 bits per heavy atom. The number of ether oxygens (including phenoxy) is 2. The first kappa shape index (κ1) is 19.7. The van der Waals surface area contributed by atoms with E-state index < -0.39 is 6.10 Å². The Hall–Kier alpha value is -2.09. The molecule has 3 rings (SSSR count). The first-order valence-electron chi connectivity index (χ1n) is 8.93. The van der Waals surface area contributed by atoms with Gasteiger partial charge in [-0.15, -0.1) is 0 Å². The molecule has 1 fully saturated rings. The van der Waals surface area contributed by atoms with Crippen LogP contribution in [0.15, 0.2) is 24.3 Å². The van der Waals surface area contributed by atoms with E-state index in [2.05, 4.69) is 10.4 Å². The van der Waals surface area contributed by atoms with Gasteiger partial charge >= 0.3 is 0 Å². The van der Waals surface area contributed by atoms with Gasteiger partial charge in [-0.1, -0.05) is 11.6 Å². The topological polar surface area (TPSA) is 85.6 Å². The van der Waals surface area contributed by atoms with Crippen LogP contribution in [0.1, 0.15) is 46.7 Å². The summed E-state index contributed by atoms with van der Waals surface area (Å²) in [5.74, 6) is 0.242. The Bertz CT molecular complexity index is 802. The van der Waals surface area contributed by atoms with E-state index in [4.69, 9.17) is 21.1 Å². The molecular formula is C19H24ClN3O4. The highest BCUT2D eigenvalue weighted by molar-refractivity contribution is 6.30. The molecule has 1 amide bonds. The lowest BCUT2D eigenvalue weighted by Gasteiger charge is -2.24. The fraction of sp³-hybridized carbons (Fsp3) is 0.474. The molecule has 0 radical (unpaired) electrons. The first-order valence-corrected chi connectivity index (χ1v) is 9.31. The predicted molar refractivity (Wildman–Crippen MR) is 101 cm³/mol. The third kappa shape index (κ3) is 4.61. The summed E-state index contributed by atoms with van der Waals surface area (Å²) in [5, 5.41) is 18.2. The van der Waals surface area contributed by atoms with Crippen LogP contribution in [0.3, 0.4) is 0 Å². The molecule has 0 saturated carbocycles. The number of rotatable bonds is 6. The van der Waals surface area contributed by atoms with Crippen LogP contribution in [0, 0.1) is 6.92 Å². The zero-order chi connectivity index (χ0) is 19.4. The van der Waals surface area contributed by atoms with Crippen molar-refractivity contribution in [2.45, 2.75) is 31.9 Å². The van der Waals surface area contributed by atoms with E-state index >= 15 is 0 Å². The van der Waals surface area contributed by atoms with E-state index in [1.54, 1.807) is 28.9 Å². The number of aliphatic hydroxyl groups excluding tert-OH is 1. The van der Waals surface area contributed by atoms with Crippen LogP contribution < -0.4 is 10.1 Å². The number of nitrogens with one attached hydrogen (secondary N) is 1. The maximum absolute atomic E-state index is 12.7. The van der Waals surface area contributed by atoms with E-state index in [9.17, 15) is 9.90 Å². The zero-order valence-electron chi connectivity index (χ0n) is 15.4. The van der Waals surface area contributed by atoms with E-state index in [-0.39, 0.29) is 18.5 Å². The van der Waals surface area contributed by atoms with Crippen molar-refractivity contribution in [2.75, 3.05) is 26.9 Å². The van der Waals surface area contributed by atoms with Gasteiger partial charge in [0.2, 0.25) is 0 Å². The molecule has 1 saturated heterocycles. The molecule has 7 nitrogen and oxygen atoms in total. The fourth-order valence-electron chi connectivity index (χ4n) is 3.25. The lowest BCUT2D eigenvalue weighted by Crippen LogP contribution is -2.32. The molecule has 2 aromatic rings. The Labute approximate surface area is 163 Å². The van der Waals surface area contributed by atoms with Gasteiger partial charge < -0.3 is 19.9 Å². The number of aliphatic hydroxyl groups is 1. The predicted octanol–water partition coefficient (Wildman–Crippen LogP) is 2.67. The van der Waals surface area contributed by atoms with Gasteiger partial charge in [0, 0.05) is 30.3 Å². The minimum Gasteiger partial charge on any atom is -0.496 e. The normalized spacial score (nSPS) is 16.1. The minimum atomic E-state index is -0.942. The number of hydrogen-bond acceptors (Lipinski definition) is 5. The Morgan fingerprint density at radius 1 is 1.44 bits per heavy atom. The van der Waals surface area contributed by atoms with Gasteiger partial charge in [-0.2, -0.15) is 5.10 Å². The third-order valence-electron chi connectivity index (χ3n) is 4.63. The molecule has 0 bridgehead atoms. The van der Waals surface area contributed by atoms with Crippen LogP contribution in [0.5, 0.6) is 5.75 Å². The average Bonchev–Trinajstić information content (AvgIpc) is 3.08. The van der Waals surface area contributed by atoms with Crippen LogP contribution in [0.4, 0.5) is 0 Å². The largest absolute Gasteiger partial charge is 0.496 e. The van der Waals surface area contributed by atoms with Crippen molar-refractivity contribution in [3.8, 4) is 5.75 Å². The number of hydrogen-bond donors (Lipinski definition) is 2. The SMILES string of the molecule is COc1ccc(Cl)cc1C(O)CNC(=O)c1cc(C)nn1C1CCOCC1. The number of halogens is 1. The van der Waals surface area contributed by atoms with Gasteiger partial charge in [0.25, 0.3) is 5.91 Å². The van der Waals surface area contributed by atoms with E-state index in [0.29, 0.717) is 35.2 Å². The van der Waals surface area contributed by atoms with Crippen LogP contribution in [-0.2, 0) is 4.74 Å². The molecule has 0 spiro atoms. The van der Waals surface area contributed by atoms with Gasteiger partial charge in [0.05, 0.1) is 24.9 Å². The lowest BCUT2D eigenvalue weighted by atomic mass is 10.1. The number of amides is 1. The van der Waals surface area contributed by atoms with Crippen molar-refractivity contribution >= 4 is 17.5 Å². The lowest BCUT2D eigenvalue weighted by molar-refractivity contribution is 0.0639. The molecule has 1 unspecified atom stereocenters. The number of carbonyl (C=O) groups is 1. The Morgan fingerprint density at radius 2 is 2.19 bits per heavy atom. The number of aryl methyl sites for hydroxylation is 1. The monoisotopic (exact) mass is 393 g/mol. The highest BCUT2D eigenvalue weighted by atomic mass is 35.5. The van der Waals surface area contributed by atoms with Crippen molar-refractivity contribution in [3.63, 3.8) is 0 Å². The summed E-state index contributed by atoms with van der Waals surface area (Å²) in [6, 6.07) is 6.91. The summed E-state index contributed by atoms with van der Waals surface area (Å²) in [6.07, 6.45) is 0.705. The second-order valence-corrected chi connectivity index (χ2v) is 7.01. The molecule has 146 valence electrons. The highest BCUT2D eigenvalue weighted by Gasteiger charge is 2.24. The number of benzene rings is 1. The summed E-state index contributed by atoms with van der Waals surface area (Å²) in [6.45, 7) is 3.22. The molecule has 1 aromatic heterocycles. The molecule has 2 N–H and O–H groups in total. The van der Waals surface area contributed by atoms with Crippen molar-refractivity contribution in [1.29, 1.82) is 0 Å². The maximum atomic E-state index is 12.7. The Balaban J connectivity index is 1.70. The van der Waals surface area contributed by atoms with E-state index in [1.807, 2.05) is 6.92 Å². The van der Waals surface area contributed by atoms with Gasteiger partial charge in [-0.3, -0.25) is 9.48 Å². The molecule has 1 aromatic carbocycles. The molecule has 27 heavy (non-hydrogen) atoms. The number of methoxy groups -OCH3 is 1. The first-order chi connectivity index (χ1) is 13.0. The van der Waals surface area contributed by atoms with Gasteiger partial charge in [0.15, 0.2) is 0 Å². The van der Waals surface area contributed by atoms with E-state index in [0.717, 1.165) is 18.5 Å². The molecule has 1 aliphatic heterocycles. The highest BCUT2D eigenvalue weighted by Crippen LogP contribution is 2.28. The molecule has 2 heterocycles. The number of carbonyl (C=O) groups excluding carboxylic acids is 1. The van der Waals surface area contributed by atoms with Gasteiger partial charge in [0.1, 0.15) is 11.4 Å². The Kier molecular flexibility index (Phi) is 6.36. The second-order valence-electron chi connectivity index (χ2n) is 6.57. The fourth-order valence-corrected chi connectivity index (χ4v) is 3.43. The zero-order valence-corrected chi connectivity index (χ0v) is 16.2. The van der Waals surface area contributed by atoms with Crippen LogP contribution in [0.25, 0.3) is 0 Å². The maximum Gasteiger partial charge on any atom is 0.269 e. The smallest absolute Gasteiger partial charge is 0.269 e. The summed E-state index contributed by atoms with van der Waals surface area (Å²) >= 11 is 6.01.